The Morgan fingerprint density at radius 3 is 2.61 bits per heavy atom. The molecule has 1 aromatic rings. The van der Waals surface area contributed by atoms with E-state index in [-0.39, 0.29) is 24.4 Å². The third-order valence-corrected chi connectivity index (χ3v) is 3.19. The van der Waals surface area contributed by atoms with E-state index in [0.717, 1.165) is 12.8 Å². The molecule has 3 N–H and O–H groups in total. The molecule has 0 aliphatic carbocycles. The molecule has 1 rings (SSSR count). The van der Waals surface area contributed by atoms with E-state index < -0.39 is 0 Å². The SMILES string of the molecule is CCCOc1c(Cl)cc(C(=O)NCCC(C)N)cc1OCC.Cl. The topological polar surface area (TPSA) is 73.6 Å². The van der Waals surface area contributed by atoms with Crippen molar-refractivity contribution in [3.8, 4) is 11.5 Å². The predicted octanol–water partition coefficient (Wildman–Crippen LogP) is 3.42. The highest BCUT2D eigenvalue weighted by Crippen LogP contribution is 2.36. The fourth-order valence-corrected chi connectivity index (χ4v) is 2.09. The highest BCUT2D eigenvalue weighted by atomic mass is 35.5. The van der Waals surface area contributed by atoms with Crippen molar-refractivity contribution in [3.63, 3.8) is 0 Å². The molecule has 132 valence electrons. The Bertz CT molecular complexity index is 496. The molecule has 5 nitrogen and oxygen atoms in total. The molecule has 1 atom stereocenters. The van der Waals surface area contributed by atoms with Gasteiger partial charge in [-0.1, -0.05) is 18.5 Å². The minimum Gasteiger partial charge on any atom is -0.490 e. The van der Waals surface area contributed by atoms with E-state index in [0.29, 0.717) is 41.8 Å². The lowest BCUT2D eigenvalue weighted by Gasteiger charge is -2.15. The summed E-state index contributed by atoms with van der Waals surface area (Å²) in [4.78, 5) is 12.2. The van der Waals surface area contributed by atoms with Crippen LogP contribution in [0.5, 0.6) is 11.5 Å². The number of rotatable bonds is 9. The molecular weight excluding hydrogens is 339 g/mol. The minimum atomic E-state index is -0.203. The fourth-order valence-electron chi connectivity index (χ4n) is 1.82. The molecule has 0 saturated carbocycles. The van der Waals surface area contributed by atoms with Crippen molar-refractivity contribution >= 4 is 29.9 Å². The number of halogens is 2. The van der Waals surface area contributed by atoms with Gasteiger partial charge in [-0.2, -0.15) is 0 Å². The van der Waals surface area contributed by atoms with Crippen LogP contribution < -0.4 is 20.5 Å². The molecule has 0 radical (unpaired) electrons. The van der Waals surface area contributed by atoms with Crippen molar-refractivity contribution in [3.05, 3.63) is 22.7 Å². The average Bonchev–Trinajstić information content (AvgIpc) is 2.46. The number of nitrogens with one attached hydrogen (secondary N) is 1. The number of hydrogen-bond acceptors (Lipinski definition) is 4. The lowest BCUT2D eigenvalue weighted by atomic mass is 10.1. The van der Waals surface area contributed by atoms with Crippen molar-refractivity contribution in [1.29, 1.82) is 0 Å². The van der Waals surface area contributed by atoms with Gasteiger partial charge in [0.2, 0.25) is 0 Å². The molecule has 0 heterocycles. The molecule has 0 aliphatic rings. The molecule has 0 fully saturated rings. The van der Waals surface area contributed by atoms with Gasteiger partial charge in [0.25, 0.3) is 5.91 Å². The van der Waals surface area contributed by atoms with Crippen LogP contribution >= 0.6 is 24.0 Å². The molecular formula is C16H26Cl2N2O3. The molecule has 0 spiro atoms. The summed E-state index contributed by atoms with van der Waals surface area (Å²) in [6, 6.07) is 3.30. The normalized spacial score (nSPS) is 11.3. The van der Waals surface area contributed by atoms with Crippen molar-refractivity contribution in [2.24, 2.45) is 5.73 Å². The summed E-state index contributed by atoms with van der Waals surface area (Å²) in [6.07, 6.45) is 1.58. The van der Waals surface area contributed by atoms with Gasteiger partial charge in [0, 0.05) is 18.2 Å². The zero-order valence-corrected chi connectivity index (χ0v) is 15.4. The summed E-state index contributed by atoms with van der Waals surface area (Å²) < 4.78 is 11.2. The first-order valence-electron chi connectivity index (χ1n) is 7.62. The van der Waals surface area contributed by atoms with E-state index in [2.05, 4.69) is 5.32 Å². The molecule has 7 heteroatoms. The van der Waals surface area contributed by atoms with Gasteiger partial charge in [0.05, 0.1) is 18.2 Å². The number of amides is 1. The van der Waals surface area contributed by atoms with E-state index in [4.69, 9.17) is 26.8 Å². The number of benzene rings is 1. The van der Waals surface area contributed by atoms with Gasteiger partial charge in [-0.15, -0.1) is 12.4 Å². The average molecular weight is 365 g/mol. The maximum absolute atomic E-state index is 12.2. The van der Waals surface area contributed by atoms with Gasteiger partial charge in [0.15, 0.2) is 11.5 Å². The summed E-state index contributed by atoms with van der Waals surface area (Å²) in [5, 5.41) is 3.19. The molecule has 0 saturated heterocycles. The smallest absolute Gasteiger partial charge is 0.251 e. The Morgan fingerprint density at radius 2 is 2.04 bits per heavy atom. The second-order valence-corrected chi connectivity index (χ2v) is 5.50. The van der Waals surface area contributed by atoms with Crippen LogP contribution in [0, 0.1) is 0 Å². The first kappa shape index (κ1) is 21.8. The van der Waals surface area contributed by atoms with Gasteiger partial charge in [0.1, 0.15) is 0 Å². The Morgan fingerprint density at radius 1 is 1.35 bits per heavy atom. The monoisotopic (exact) mass is 364 g/mol. The number of carbonyl (C=O) groups is 1. The summed E-state index contributed by atoms with van der Waals surface area (Å²) in [5.74, 6) is 0.767. The highest BCUT2D eigenvalue weighted by molar-refractivity contribution is 6.32. The second-order valence-electron chi connectivity index (χ2n) is 5.09. The van der Waals surface area contributed by atoms with E-state index in [1.165, 1.54) is 0 Å². The molecule has 1 aromatic carbocycles. The van der Waals surface area contributed by atoms with Gasteiger partial charge in [-0.05, 0) is 38.8 Å². The Hall–Kier alpha value is -1.17. The number of ether oxygens (including phenoxy) is 2. The van der Waals surface area contributed by atoms with Crippen LogP contribution in [0.25, 0.3) is 0 Å². The molecule has 0 aliphatic heterocycles. The van der Waals surface area contributed by atoms with Gasteiger partial charge in [-0.25, -0.2) is 0 Å². The van der Waals surface area contributed by atoms with Crippen molar-refractivity contribution in [1.82, 2.24) is 5.32 Å². The predicted molar refractivity (Wildman–Crippen MR) is 96.3 cm³/mol. The summed E-state index contributed by atoms with van der Waals surface area (Å²) >= 11 is 6.23. The van der Waals surface area contributed by atoms with E-state index in [1.54, 1.807) is 12.1 Å². The maximum Gasteiger partial charge on any atom is 0.251 e. The van der Waals surface area contributed by atoms with Crippen LogP contribution in [0.15, 0.2) is 12.1 Å². The van der Waals surface area contributed by atoms with Crippen LogP contribution in [0.4, 0.5) is 0 Å². The number of carbonyl (C=O) groups excluding carboxylic acids is 1. The minimum absolute atomic E-state index is 0. The van der Waals surface area contributed by atoms with Gasteiger partial charge >= 0.3 is 0 Å². The largest absolute Gasteiger partial charge is 0.490 e. The van der Waals surface area contributed by atoms with E-state index >= 15 is 0 Å². The molecule has 1 unspecified atom stereocenters. The van der Waals surface area contributed by atoms with Crippen LogP contribution in [0.1, 0.15) is 44.0 Å². The van der Waals surface area contributed by atoms with Crippen LogP contribution in [-0.4, -0.2) is 31.7 Å². The van der Waals surface area contributed by atoms with Crippen molar-refractivity contribution < 1.29 is 14.3 Å². The third kappa shape index (κ3) is 7.29. The maximum atomic E-state index is 12.2. The third-order valence-electron chi connectivity index (χ3n) is 2.91. The molecule has 0 aromatic heterocycles. The Balaban J connectivity index is 0.00000484. The first-order valence-corrected chi connectivity index (χ1v) is 8.00. The number of nitrogens with two attached hydrogens (primary N) is 1. The highest BCUT2D eigenvalue weighted by Gasteiger charge is 2.16. The molecule has 23 heavy (non-hydrogen) atoms. The fraction of sp³-hybridized carbons (Fsp3) is 0.562. The van der Waals surface area contributed by atoms with Crippen LogP contribution in [0.2, 0.25) is 5.02 Å². The molecule has 0 bridgehead atoms. The summed E-state index contributed by atoms with van der Waals surface area (Å²) in [5.41, 5.74) is 6.11. The summed E-state index contributed by atoms with van der Waals surface area (Å²) in [6.45, 7) is 7.30. The van der Waals surface area contributed by atoms with Crippen LogP contribution in [-0.2, 0) is 0 Å². The lowest BCUT2D eigenvalue weighted by Crippen LogP contribution is -2.29. The van der Waals surface area contributed by atoms with Crippen LogP contribution in [0.3, 0.4) is 0 Å². The van der Waals surface area contributed by atoms with E-state index in [1.807, 2.05) is 20.8 Å². The quantitative estimate of drug-likeness (QED) is 0.703. The second kappa shape index (κ2) is 11.4. The summed E-state index contributed by atoms with van der Waals surface area (Å²) in [7, 11) is 0. The zero-order chi connectivity index (χ0) is 16.5. The number of hydrogen-bond donors (Lipinski definition) is 2. The van der Waals surface area contributed by atoms with Crippen molar-refractivity contribution in [2.45, 2.75) is 39.7 Å². The molecule has 1 amide bonds. The Kier molecular flexibility index (Phi) is 10.8. The lowest BCUT2D eigenvalue weighted by molar-refractivity contribution is 0.0952. The van der Waals surface area contributed by atoms with Gasteiger partial charge in [-0.3, -0.25) is 4.79 Å². The standard InChI is InChI=1S/C16H25ClN2O3.ClH/c1-4-8-22-15-13(17)9-12(10-14(15)21-5-2)16(20)19-7-6-11(3)18;/h9-11H,4-8,18H2,1-3H3,(H,19,20);1H. The zero-order valence-electron chi connectivity index (χ0n) is 13.9. The Labute approximate surface area is 149 Å². The van der Waals surface area contributed by atoms with Gasteiger partial charge < -0.3 is 20.5 Å². The van der Waals surface area contributed by atoms with E-state index in [9.17, 15) is 4.79 Å². The van der Waals surface area contributed by atoms with Crippen molar-refractivity contribution in [2.75, 3.05) is 19.8 Å². The first-order chi connectivity index (χ1) is 10.5.